The standard InChI is InChI=1S/C16H24N4O/c1-10(2)15-19-14(17)12(4)16(20-15)18-11(3)7-8-13-6-5-9-21-13/h5-6,9-11H,7-8H2,1-4H3,(H3,17,18,19,20). The summed E-state index contributed by atoms with van der Waals surface area (Å²) in [5, 5.41) is 3.44. The highest BCUT2D eigenvalue weighted by atomic mass is 16.3. The molecular formula is C16H24N4O. The van der Waals surface area contributed by atoms with Crippen molar-refractivity contribution < 1.29 is 4.42 Å². The normalized spacial score (nSPS) is 12.6. The van der Waals surface area contributed by atoms with E-state index in [1.165, 1.54) is 0 Å². The van der Waals surface area contributed by atoms with Crippen LogP contribution in [0.3, 0.4) is 0 Å². The Morgan fingerprint density at radius 1 is 1.29 bits per heavy atom. The van der Waals surface area contributed by atoms with Gasteiger partial charge in [-0.1, -0.05) is 13.8 Å². The van der Waals surface area contributed by atoms with Crippen molar-refractivity contribution in [3.63, 3.8) is 0 Å². The molecular weight excluding hydrogens is 264 g/mol. The predicted octanol–water partition coefficient (Wildman–Crippen LogP) is 3.52. The zero-order valence-corrected chi connectivity index (χ0v) is 13.2. The molecule has 0 radical (unpaired) electrons. The summed E-state index contributed by atoms with van der Waals surface area (Å²) in [4.78, 5) is 8.93. The Morgan fingerprint density at radius 3 is 2.67 bits per heavy atom. The molecule has 0 saturated heterocycles. The molecule has 5 nitrogen and oxygen atoms in total. The van der Waals surface area contributed by atoms with Crippen molar-refractivity contribution in [1.29, 1.82) is 0 Å². The molecule has 1 unspecified atom stereocenters. The van der Waals surface area contributed by atoms with Crippen molar-refractivity contribution in [1.82, 2.24) is 9.97 Å². The lowest BCUT2D eigenvalue weighted by Crippen LogP contribution is -2.19. The van der Waals surface area contributed by atoms with Crippen LogP contribution in [0, 0.1) is 6.92 Å². The first-order valence-electron chi connectivity index (χ1n) is 7.40. The molecule has 2 heterocycles. The zero-order valence-electron chi connectivity index (χ0n) is 13.2. The van der Waals surface area contributed by atoms with E-state index in [9.17, 15) is 0 Å². The van der Waals surface area contributed by atoms with Crippen LogP contribution in [-0.4, -0.2) is 16.0 Å². The van der Waals surface area contributed by atoms with Gasteiger partial charge in [-0.25, -0.2) is 9.97 Å². The van der Waals surface area contributed by atoms with Crippen LogP contribution < -0.4 is 11.1 Å². The van der Waals surface area contributed by atoms with Crippen molar-refractivity contribution in [3.8, 4) is 0 Å². The van der Waals surface area contributed by atoms with Gasteiger partial charge in [0.1, 0.15) is 23.2 Å². The minimum atomic E-state index is 0.256. The van der Waals surface area contributed by atoms with Gasteiger partial charge in [-0.2, -0.15) is 0 Å². The molecule has 1 atom stereocenters. The first-order valence-corrected chi connectivity index (χ1v) is 7.40. The Kier molecular flexibility index (Phi) is 4.83. The van der Waals surface area contributed by atoms with Gasteiger partial charge in [0, 0.05) is 23.9 Å². The van der Waals surface area contributed by atoms with Crippen molar-refractivity contribution >= 4 is 11.6 Å². The number of nitrogens with one attached hydrogen (secondary N) is 1. The second-order valence-electron chi connectivity index (χ2n) is 5.76. The number of aromatic nitrogens is 2. The number of aryl methyl sites for hydroxylation is 1. The number of nitrogens with two attached hydrogens (primary N) is 1. The van der Waals surface area contributed by atoms with E-state index in [2.05, 4.69) is 36.1 Å². The predicted molar refractivity (Wildman–Crippen MR) is 85.4 cm³/mol. The van der Waals surface area contributed by atoms with E-state index >= 15 is 0 Å². The molecule has 0 amide bonds. The largest absolute Gasteiger partial charge is 0.469 e. The fraction of sp³-hybridized carbons (Fsp3) is 0.500. The average molecular weight is 288 g/mol. The van der Waals surface area contributed by atoms with Crippen molar-refractivity contribution in [2.45, 2.75) is 52.5 Å². The first-order chi connectivity index (χ1) is 9.97. The number of nitrogens with zero attached hydrogens (tertiary/aromatic N) is 2. The fourth-order valence-electron chi connectivity index (χ4n) is 2.07. The van der Waals surface area contributed by atoms with Gasteiger partial charge >= 0.3 is 0 Å². The number of rotatable bonds is 6. The van der Waals surface area contributed by atoms with Crippen molar-refractivity contribution in [2.24, 2.45) is 0 Å². The lowest BCUT2D eigenvalue weighted by molar-refractivity contribution is 0.494. The van der Waals surface area contributed by atoms with Gasteiger partial charge in [0.25, 0.3) is 0 Å². The molecule has 0 aliphatic rings. The van der Waals surface area contributed by atoms with Crippen LogP contribution >= 0.6 is 0 Å². The van der Waals surface area contributed by atoms with Gasteiger partial charge in [-0.15, -0.1) is 0 Å². The number of anilines is 2. The summed E-state index contributed by atoms with van der Waals surface area (Å²) in [5.74, 6) is 3.42. The third-order valence-electron chi connectivity index (χ3n) is 3.50. The van der Waals surface area contributed by atoms with Gasteiger partial charge in [-0.05, 0) is 32.4 Å². The summed E-state index contributed by atoms with van der Waals surface area (Å²) in [5.41, 5.74) is 6.89. The molecule has 5 heteroatoms. The number of hydrogen-bond acceptors (Lipinski definition) is 5. The summed E-state index contributed by atoms with van der Waals surface area (Å²) < 4.78 is 5.35. The van der Waals surface area contributed by atoms with Crippen LogP contribution in [0.2, 0.25) is 0 Å². The van der Waals surface area contributed by atoms with Crippen LogP contribution in [0.1, 0.15) is 50.3 Å². The van der Waals surface area contributed by atoms with Crippen LogP contribution in [0.25, 0.3) is 0 Å². The lowest BCUT2D eigenvalue weighted by Gasteiger charge is -2.18. The van der Waals surface area contributed by atoms with Crippen molar-refractivity contribution in [2.75, 3.05) is 11.1 Å². The number of furan rings is 1. The van der Waals surface area contributed by atoms with E-state index in [1.54, 1.807) is 6.26 Å². The first kappa shape index (κ1) is 15.4. The molecule has 0 bridgehead atoms. The fourth-order valence-corrected chi connectivity index (χ4v) is 2.07. The van der Waals surface area contributed by atoms with E-state index in [0.29, 0.717) is 5.82 Å². The van der Waals surface area contributed by atoms with Crippen molar-refractivity contribution in [3.05, 3.63) is 35.5 Å². The highest BCUT2D eigenvalue weighted by molar-refractivity contribution is 5.55. The highest BCUT2D eigenvalue weighted by Crippen LogP contribution is 2.22. The minimum absolute atomic E-state index is 0.256. The zero-order chi connectivity index (χ0) is 15.4. The summed E-state index contributed by atoms with van der Waals surface area (Å²) >= 11 is 0. The Balaban J connectivity index is 2.04. The van der Waals surface area contributed by atoms with Gasteiger partial charge in [0.05, 0.1) is 6.26 Å². The molecule has 0 aliphatic heterocycles. The molecule has 114 valence electrons. The topological polar surface area (TPSA) is 77.0 Å². The Hall–Kier alpha value is -2.04. The van der Waals surface area contributed by atoms with E-state index in [1.807, 2.05) is 19.1 Å². The number of hydrogen-bond donors (Lipinski definition) is 2. The molecule has 2 aromatic heterocycles. The second-order valence-corrected chi connectivity index (χ2v) is 5.76. The minimum Gasteiger partial charge on any atom is -0.469 e. The second kappa shape index (κ2) is 6.61. The van der Waals surface area contributed by atoms with E-state index in [-0.39, 0.29) is 12.0 Å². The summed E-state index contributed by atoms with van der Waals surface area (Å²) in [6, 6.07) is 4.19. The van der Waals surface area contributed by atoms with Crippen LogP contribution in [-0.2, 0) is 6.42 Å². The number of nitrogen functional groups attached to an aromatic ring is 1. The molecule has 0 aromatic carbocycles. The van der Waals surface area contributed by atoms with Crippen LogP contribution in [0.4, 0.5) is 11.6 Å². The van der Waals surface area contributed by atoms with E-state index in [0.717, 1.165) is 35.8 Å². The molecule has 0 aliphatic carbocycles. The third-order valence-corrected chi connectivity index (χ3v) is 3.50. The molecule has 2 rings (SSSR count). The van der Waals surface area contributed by atoms with Gasteiger partial charge < -0.3 is 15.5 Å². The maximum atomic E-state index is 5.98. The highest BCUT2D eigenvalue weighted by Gasteiger charge is 2.13. The van der Waals surface area contributed by atoms with Gasteiger partial charge in [0.2, 0.25) is 0 Å². The van der Waals surface area contributed by atoms with Crippen LogP contribution in [0.15, 0.2) is 22.8 Å². The van der Waals surface area contributed by atoms with Gasteiger partial charge in [0.15, 0.2) is 0 Å². The molecule has 3 N–H and O–H groups in total. The smallest absolute Gasteiger partial charge is 0.135 e. The van der Waals surface area contributed by atoms with Gasteiger partial charge in [-0.3, -0.25) is 0 Å². The summed E-state index contributed by atoms with van der Waals surface area (Å²) in [7, 11) is 0. The molecule has 0 fully saturated rings. The Morgan fingerprint density at radius 2 is 2.05 bits per heavy atom. The monoisotopic (exact) mass is 288 g/mol. The maximum Gasteiger partial charge on any atom is 0.135 e. The molecule has 2 aromatic rings. The molecule has 21 heavy (non-hydrogen) atoms. The van der Waals surface area contributed by atoms with E-state index < -0.39 is 0 Å². The summed E-state index contributed by atoms with van der Waals surface area (Å²) in [6.45, 7) is 8.21. The summed E-state index contributed by atoms with van der Waals surface area (Å²) in [6.07, 6.45) is 3.57. The molecule has 0 spiro atoms. The lowest BCUT2D eigenvalue weighted by atomic mass is 10.1. The van der Waals surface area contributed by atoms with Crippen LogP contribution in [0.5, 0.6) is 0 Å². The third kappa shape index (κ3) is 3.97. The Bertz CT molecular complexity index is 578. The Labute approximate surface area is 126 Å². The average Bonchev–Trinajstić information content (AvgIpc) is 2.94. The quantitative estimate of drug-likeness (QED) is 0.850. The maximum absolute atomic E-state index is 5.98. The molecule has 0 saturated carbocycles. The van der Waals surface area contributed by atoms with E-state index in [4.69, 9.17) is 10.2 Å². The SMILES string of the molecule is Cc1c(N)nc(C(C)C)nc1NC(C)CCc1ccco1.